The summed E-state index contributed by atoms with van der Waals surface area (Å²) in [7, 11) is -2.18. The number of hydrogen-bond acceptors (Lipinski definition) is 4. The average molecular weight is 343 g/mol. The highest BCUT2D eigenvalue weighted by atomic mass is 32.2. The number of sulfonamides is 1. The Morgan fingerprint density at radius 2 is 2.04 bits per heavy atom. The van der Waals surface area contributed by atoms with E-state index in [-0.39, 0.29) is 16.8 Å². The Balaban J connectivity index is 2.30. The molecule has 1 amide bonds. The van der Waals surface area contributed by atoms with Gasteiger partial charge in [-0.2, -0.15) is 0 Å². The summed E-state index contributed by atoms with van der Waals surface area (Å²) in [6.45, 7) is 1.79. The summed E-state index contributed by atoms with van der Waals surface area (Å²) < 4.78 is 22.9. The molecule has 0 radical (unpaired) electrons. The Hall–Kier alpha value is -2.69. The Morgan fingerprint density at radius 3 is 2.67 bits per heavy atom. The van der Waals surface area contributed by atoms with Gasteiger partial charge >= 0.3 is 0 Å². The van der Waals surface area contributed by atoms with Gasteiger partial charge in [-0.1, -0.05) is 18.1 Å². The van der Waals surface area contributed by atoms with Gasteiger partial charge in [-0.05, 0) is 30.7 Å². The zero-order valence-corrected chi connectivity index (χ0v) is 14.1. The summed E-state index contributed by atoms with van der Waals surface area (Å²) in [5, 5.41) is 5.15. The number of carbonyl (C=O) groups is 1. The molecule has 1 aromatic carbocycles. The van der Waals surface area contributed by atoms with Crippen LogP contribution in [-0.2, 0) is 10.0 Å². The third-order valence-electron chi connectivity index (χ3n) is 3.72. The van der Waals surface area contributed by atoms with Gasteiger partial charge in [-0.25, -0.2) is 13.6 Å². The van der Waals surface area contributed by atoms with Crippen molar-refractivity contribution in [2.45, 2.75) is 17.9 Å². The van der Waals surface area contributed by atoms with Crippen LogP contribution in [-0.4, -0.2) is 31.3 Å². The molecule has 0 unspecified atom stereocenters. The second-order valence-electron chi connectivity index (χ2n) is 5.32. The second-order valence-corrected chi connectivity index (χ2v) is 6.88. The van der Waals surface area contributed by atoms with Gasteiger partial charge in [0, 0.05) is 25.0 Å². The Bertz CT molecular complexity index is 917. The van der Waals surface area contributed by atoms with E-state index in [4.69, 9.17) is 11.6 Å². The number of rotatable bonds is 4. The van der Waals surface area contributed by atoms with E-state index in [2.05, 4.69) is 10.9 Å². The van der Waals surface area contributed by atoms with E-state index in [1.54, 1.807) is 32.2 Å². The Morgan fingerprint density at radius 1 is 1.33 bits per heavy atom. The van der Waals surface area contributed by atoms with E-state index in [0.717, 1.165) is 0 Å². The van der Waals surface area contributed by atoms with Gasteiger partial charge in [0.25, 0.3) is 5.91 Å². The zero-order valence-electron chi connectivity index (χ0n) is 13.3. The van der Waals surface area contributed by atoms with Gasteiger partial charge in [0.2, 0.25) is 10.0 Å². The van der Waals surface area contributed by atoms with Gasteiger partial charge in [0.15, 0.2) is 0 Å². The molecule has 124 valence electrons. The lowest BCUT2D eigenvalue weighted by Gasteiger charge is -2.25. The average Bonchev–Trinajstić information content (AvgIpc) is 2.59. The van der Waals surface area contributed by atoms with Crippen LogP contribution in [0, 0.1) is 12.3 Å². The van der Waals surface area contributed by atoms with E-state index >= 15 is 0 Å². The SMILES string of the molecule is C#Cc1cncc(C(=O)N(C)[C@H](C)c2cccc(S(N)(=O)=O)c2)c1. The Kier molecular flexibility index (Phi) is 5.02. The molecule has 2 rings (SSSR count). The maximum atomic E-state index is 12.6. The molecule has 1 aromatic heterocycles. The molecule has 1 heterocycles. The molecule has 0 saturated carbocycles. The van der Waals surface area contributed by atoms with E-state index in [1.165, 1.54) is 29.4 Å². The predicted molar refractivity (Wildman–Crippen MR) is 90.5 cm³/mol. The van der Waals surface area contributed by atoms with Crippen LogP contribution >= 0.6 is 0 Å². The molecule has 0 aliphatic carbocycles. The van der Waals surface area contributed by atoms with Crippen LogP contribution < -0.4 is 5.14 Å². The minimum atomic E-state index is -3.80. The quantitative estimate of drug-likeness (QED) is 0.852. The first-order chi connectivity index (χ1) is 11.2. The van der Waals surface area contributed by atoms with Crippen molar-refractivity contribution in [3.05, 3.63) is 59.4 Å². The number of primary sulfonamides is 1. The third kappa shape index (κ3) is 3.79. The summed E-state index contributed by atoms with van der Waals surface area (Å²) in [5.41, 5.74) is 1.53. The number of aromatic nitrogens is 1. The molecule has 0 aliphatic rings. The third-order valence-corrected chi connectivity index (χ3v) is 4.63. The first-order valence-corrected chi connectivity index (χ1v) is 8.60. The summed E-state index contributed by atoms with van der Waals surface area (Å²) in [5.74, 6) is 2.16. The first kappa shape index (κ1) is 17.7. The lowest BCUT2D eigenvalue weighted by Crippen LogP contribution is -2.30. The molecule has 2 N–H and O–H groups in total. The second kappa shape index (κ2) is 6.83. The molecule has 0 bridgehead atoms. The van der Waals surface area contributed by atoms with Crippen LogP contribution in [0.2, 0.25) is 0 Å². The highest BCUT2D eigenvalue weighted by Gasteiger charge is 2.20. The smallest absolute Gasteiger partial charge is 0.255 e. The van der Waals surface area contributed by atoms with Crippen molar-refractivity contribution < 1.29 is 13.2 Å². The molecule has 0 spiro atoms. The number of hydrogen-bond donors (Lipinski definition) is 1. The maximum absolute atomic E-state index is 12.6. The van der Waals surface area contributed by atoms with Crippen LogP contribution in [0.25, 0.3) is 0 Å². The van der Waals surface area contributed by atoms with Crippen LogP contribution in [0.15, 0.2) is 47.6 Å². The molecular weight excluding hydrogens is 326 g/mol. The zero-order chi connectivity index (χ0) is 17.9. The molecule has 1 atom stereocenters. The van der Waals surface area contributed by atoms with E-state index < -0.39 is 10.0 Å². The van der Waals surface area contributed by atoms with Crippen molar-refractivity contribution in [3.63, 3.8) is 0 Å². The largest absolute Gasteiger partial charge is 0.335 e. The van der Waals surface area contributed by atoms with Crippen LogP contribution in [0.1, 0.15) is 34.5 Å². The molecule has 7 heteroatoms. The molecule has 24 heavy (non-hydrogen) atoms. The number of pyridine rings is 1. The van der Waals surface area contributed by atoms with Gasteiger partial charge in [0.05, 0.1) is 16.5 Å². The number of benzene rings is 1. The standard InChI is InChI=1S/C17H17N3O3S/c1-4-13-8-15(11-19-10-13)17(21)20(3)12(2)14-6-5-7-16(9-14)24(18,22)23/h1,5-12H,2-3H3,(H2,18,22,23)/t12-/m1/s1. The number of nitrogens with zero attached hydrogens (tertiary/aromatic N) is 2. The molecule has 6 nitrogen and oxygen atoms in total. The van der Waals surface area contributed by atoms with Gasteiger partial charge < -0.3 is 4.90 Å². The van der Waals surface area contributed by atoms with Crippen molar-refractivity contribution in [1.82, 2.24) is 9.88 Å². The monoisotopic (exact) mass is 343 g/mol. The minimum absolute atomic E-state index is 0.00342. The van der Waals surface area contributed by atoms with E-state index in [0.29, 0.717) is 16.7 Å². The van der Waals surface area contributed by atoms with Crippen molar-refractivity contribution in [2.24, 2.45) is 5.14 Å². The number of terminal acetylenes is 1. The number of nitrogens with two attached hydrogens (primary N) is 1. The summed E-state index contributed by atoms with van der Waals surface area (Å²) in [4.78, 5) is 18.0. The van der Waals surface area contributed by atoms with Gasteiger partial charge in [-0.3, -0.25) is 9.78 Å². The molecule has 0 aliphatic heterocycles. The first-order valence-electron chi connectivity index (χ1n) is 7.05. The number of carbonyl (C=O) groups excluding carboxylic acids is 1. The maximum Gasteiger partial charge on any atom is 0.255 e. The Labute approximate surface area is 141 Å². The fourth-order valence-corrected chi connectivity index (χ4v) is 2.76. The molecular formula is C17H17N3O3S. The van der Waals surface area contributed by atoms with Gasteiger partial charge in [0.1, 0.15) is 0 Å². The van der Waals surface area contributed by atoms with E-state index in [9.17, 15) is 13.2 Å². The van der Waals surface area contributed by atoms with Crippen molar-refractivity contribution in [2.75, 3.05) is 7.05 Å². The fourth-order valence-electron chi connectivity index (χ4n) is 2.19. The summed E-state index contributed by atoms with van der Waals surface area (Å²) in [6, 6.07) is 7.41. The fraction of sp³-hybridized carbons (Fsp3) is 0.176. The lowest BCUT2D eigenvalue weighted by molar-refractivity contribution is 0.0742. The van der Waals surface area contributed by atoms with Crippen LogP contribution in [0.5, 0.6) is 0 Å². The summed E-state index contributed by atoms with van der Waals surface area (Å²) >= 11 is 0. The summed E-state index contributed by atoms with van der Waals surface area (Å²) in [6.07, 6.45) is 8.25. The molecule has 2 aromatic rings. The van der Waals surface area contributed by atoms with Crippen LogP contribution in [0.3, 0.4) is 0 Å². The van der Waals surface area contributed by atoms with Crippen molar-refractivity contribution in [1.29, 1.82) is 0 Å². The van der Waals surface area contributed by atoms with Crippen molar-refractivity contribution >= 4 is 15.9 Å². The highest BCUT2D eigenvalue weighted by Crippen LogP contribution is 2.23. The predicted octanol–water partition coefficient (Wildman–Crippen LogP) is 1.54. The normalized spacial score (nSPS) is 12.2. The van der Waals surface area contributed by atoms with Gasteiger partial charge in [-0.15, -0.1) is 6.42 Å². The minimum Gasteiger partial charge on any atom is -0.335 e. The topological polar surface area (TPSA) is 93.4 Å². The molecule has 0 saturated heterocycles. The van der Waals surface area contributed by atoms with Crippen molar-refractivity contribution in [3.8, 4) is 12.3 Å². The van der Waals surface area contributed by atoms with Crippen LogP contribution in [0.4, 0.5) is 0 Å². The lowest BCUT2D eigenvalue weighted by atomic mass is 10.1. The highest BCUT2D eigenvalue weighted by molar-refractivity contribution is 7.89. The molecule has 0 fully saturated rings. The van der Waals surface area contributed by atoms with E-state index in [1.807, 2.05) is 0 Å². The number of amides is 1.